The predicted molar refractivity (Wildman–Crippen MR) is 65.3 cm³/mol. The van der Waals surface area contributed by atoms with Crippen molar-refractivity contribution >= 4 is 14.2 Å². The smallest absolute Gasteiger partial charge is 0.409 e. The zero-order valence-corrected chi connectivity index (χ0v) is 11.7. The Morgan fingerprint density at radius 1 is 1.31 bits per heavy atom. The van der Waals surface area contributed by atoms with Crippen LogP contribution in [0.15, 0.2) is 0 Å². The van der Waals surface area contributed by atoms with Crippen molar-refractivity contribution in [2.45, 2.75) is 32.6 Å². The number of rotatable bonds is 8. The highest BCUT2D eigenvalue weighted by Crippen LogP contribution is 2.07. The summed E-state index contributed by atoms with van der Waals surface area (Å²) in [5, 5.41) is 8.69. The van der Waals surface area contributed by atoms with Crippen molar-refractivity contribution in [1.82, 2.24) is 4.90 Å². The van der Waals surface area contributed by atoms with E-state index in [0.717, 1.165) is 6.04 Å². The van der Waals surface area contributed by atoms with Crippen LogP contribution in [0.2, 0.25) is 25.7 Å². The second-order valence-corrected chi connectivity index (χ2v) is 10.4. The van der Waals surface area contributed by atoms with Gasteiger partial charge in [-0.3, -0.25) is 4.90 Å². The Kier molecular flexibility index (Phi) is 7.36. The fourth-order valence-corrected chi connectivity index (χ4v) is 1.68. The van der Waals surface area contributed by atoms with Crippen molar-refractivity contribution in [2.75, 3.05) is 26.7 Å². The first-order chi connectivity index (χ1) is 7.37. The largest absolute Gasteiger partial charge is 0.465 e. The Labute approximate surface area is 98.3 Å². The Bertz CT molecular complexity index is 205. The molecule has 0 radical (unpaired) electrons. The van der Waals surface area contributed by atoms with Gasteiger partial charge in [-0.1, -0.05) is 19.6 Å². The van der Waals surface area contributed by atoms with Crippen LogP contribution >= 0.6 is 0 Å². The summed E-state index contributed by atoms with van der Waals surface area (Å²) in [6.45, 7) is 9.94. The zero-order valence-electron chi connectivity index (χ0n) is 10.7. The molecule has 0 unspecified atom stereocenters. The number of hydrogen-bond acceptors (Lipinski definition) is 3. The third-order valence-electron chi connectivity index (χ3n) is 2.06. The molecule has 16 heavy (non-hydrogen) atoms. The number of nitrogens with zero attached hydrogens (tertiary/aromatic N) is 1. The van der Waals surface area contributed by atoms with Gasteiger partial charge in [0, 0.05) is 21.2 Å². The van der Waals surface area contributed by atoms with Gasteiger partial charge >= 0.3 is 6.09 Å². The van der Waals surface area contributed by atoms with E-state index >= 15 is 0 Å². The molecule has 0 aromatic carbocycles. The SMILES string of the molecule is CCN(COCOCC[Si](C)(C)C)C(=O)O. The predicted octanol–water partition coefficient (Wildman–Crippen LogP) is 2.27. The van der Waals surface area contributed by atoms with E-state index in [0.29, 0.717) is 13.2 Å². The Morgan fingerprint density at radius 3 is 2.38 bits per heavy atom. The van der Waals surface area contributed by atoms with Gasteiger partial charge < -0.3 is 14.6 Å². The number of amides is 1. The summed E-state index contributed by atoms with van der Waals surface area (Å²) in [5.41, 5.74) is 0. The minimum atomic E-state index is -1.05. The molecule has 96 valence electrons. The van der Waals surface area contributed by atoms with Crippen molar-refractivity contribution in [3.05, 3.63) is 0 Å². The molecule has 5 nitrogen and oxygen atoms in total. The molecule has 6 heteroatoms. The normalized spacial score (nSPS) is 11.5. The van der Waals surface area contributed by atoms with Gasteiger partial charge in [0.25, 0.3) is 0 Å². The summed E-state index contributed by atoms with van der Waals surface area (Å²) in [5.74, 6) is 0. The maximum atomic E-state index is 10.6. The highest BCUT2D eigenvalue weighted by atomic mass is 28.3. The molecule has 1 N–H and O–H groups in total. The lowest BCUT2D eigenvalue weighted by Gasteiger charge is -2.18. The summed E-state index contributed by atoms with van der Waals surface area (Å²) in [7, 11) is -1.05. The molecule has 1 amide bonds. The van der Waals surface area contributed by atoms with E-state index in [1.54, 1.807) is 6.92 Å². The maximum Gasteiger partial charge on any atom is 0.409 e. The summed E-state index contributed by atoms with van der Waals surface area (Å²) in [6.07, 6.45) is -0.968. The third kappa shape index (κ3) is 8.69. The van der Waals surface area contributed by atoms with Crippen LogP contribution in [0, 0.1) is 0 Å². The van der Waals surface area contributed by atoms with Gasteiger partial charge in [-0.15, -0.1) is 0 Å². The average Bonchev–Trinajstić information content (AvgIpc) is 2.14. The highest BCUT2D eigenvalue weighted by Gasteiger charge is 2.12. The molecule has 0 aromatic heterocycles. The van der Waals surface area contributed by atoms with Crippen LogP contribution in [0.5, 0.6) is 0 Å². The van der Waals surface area contributed by atoms with E-state index in [4.69, 9.17) is 14.6 Å². The van der Waals surface area contributed by atoms with Crippen LogP contribution in [-0.4, -0.2) is 50.8 Å². The van der Waals surface area contributed by atoms with E-state index in [9.17, 15) is 4.79 Å². The van der Waals surface area contributed by atoms with Gasteiger partial charge in [-0.25, -0.2) is 4.79 Å². The molecule has 0 saturated carbocycles. The summed E-state index contributed by atoms with van der Waals surface area (Å²) < 4.78 is 10.4. The fourth-order valence-electron chi connectivity index (χ4n) is 0.925. The first-order valence-corrected chi connectivity index (χ1v) is 9.21. The van der Waals surface area contributed by atoms with Crippen LogP contribution in [0.4, 0.5) is 4.79 Å². The molecule has 0 spiro atoms. The molecule has 0 rings (SSSR count). The maximum absolute atomic E-state index is 10.6. The van der Waals surface area contributed by atoms with E-state index in [2.05, 4.69) is 19.6 Å². The second kappa shape index (κ2) is 7.64. The summed E-state index contributed by atoms with van der Waals surface area (Å²) in [4.78, 5) is 11.8. The average molecular weight is 249 g/mol. The molecule has 0 aliphatic heterocycles. The van der Waals surface area contributed by atoms with Gasteiger partial charge in [-0.05, 0) is 13.0 Å². The monoisotopic (exact) mass is 249 g/mol. The van der Waals surface area contributed by atoms with E-state index < -0.39 is 14.2 Å². The number of hydrogen-bond donors (Lipinski definition) is 1. The molecule has 0 saturated heterocycles. The molecule has 0 aromatic rings. The molecule has 0 fully saturated rings. The van der Waals surface area contributed by atoms with Crippen molar-refractivity contribution in [3.63, 3.8) is 0 Å². The van der Waals surface area contributed by atoms with Crippen molar-refractivity contribution in [2.24, 2.45) is 0 Å². The van der Waals surface area contributed by atoms with E-state index in [-0.39, 0.29) is 13.5 Å². The third-order valence-corrected chi connectivity index (χ3v) is 3.77. The number of carboxylic acid groups (broad SMARTS) is 1. The van der Waals surface area contributed by atoms with Crippen LogP contribution in [0.25, 0.3) is 0 Å². The number of ether oxygens (including phenoxy) is 2. The minimum Gasteiger partial charge on any atom is -0.465 e. The lowest BCUT2D eigenvalue weighted by molar-refractivity contribution is -0.0801. The van der Waals surface area contributed by atoms with Gasteiger partial charge in [-0.2, -0.15) is 0 Å². The lowest BCUT2D eigenvalue weighted by atomic mass is 10.6. The molecule has 0 atom stereocenters. The first-order valence-electron chi connectivity index (χ1n) is 5.50. The highest BCUT2D eigenvalue weighted by molar-refractivity contribution is 6.76. The second-order valence-electron chi connectivity index (χ2n) is 4.81. The van der Waals surface area contributed by atoms with E-state index in [1.807, 2.05) is 0 Å². The van der Waals surface area contributed by atoms with Crippen LogP contribution in [0.3, 0.4) is 0 Å². The topological polar surface area (TPSA) is 59.0 Å². The van der Waals surface area contributed by atoms with Crippen molar-refractivity contribution in [3.8, 4) is 0 Å². The molecule has 0 bridgehead atoms. The fraction of sp³-hybridized carbons (Fsp3) is 0.900. The van der Waals surface area contributed by atoms with Crippen molar-refractivity contribution < 1.29 is 19.4 Å². The van der Waals surface area contributed by atoms with Crippen LogP contribution in [-0.2, 0) is 9.47 Å². The molecular formula is C10H23NO4Si. The van der Waals surface area contributed by atoms with E-state index in [1.165, 1.54) is 4.90 Å². The van der Waals surface area contributed by atoms with Crippen LogP contribution < -0.4 is 0 Å². The number of carbonyl (C=O) groups is 1. The van der Waals surface area contributed by atoms with Gasteiger partial charge in [0.1, 0.15) is 13.5 Å². The first kappa shape index (κ1) is 15.4. The molecule has 0 aliphatic carbocycles. The minimum absolute atomic E-state index is 0.0682. The lowest BCUT2D eigenvalue weighted by Crippen LogP contribution is -2.32. The van der Waals surface area contributed by atoms with Crippen molar-refractivity contribution in [1.29, 1.82) is 0 Å². The Balaban J connectivity index is 3.43. The van der Waals surface area contributed by atoms with Gasteiger partial charge in [0.05, 0.1) is 0 Å². The zero-order chi connectivity index (χ0) is 12.6. The molecular weight excluding hydrogens is 226 g/mol. The van der Waals surface area contributed by atoms with Gasteiger partial charge in [0.2, 0.25) is 0 Å². The summed E-state index contributed by atoms with van der Waals surface area (Å²) in [6, 6.07) is 1.09. The Hall–Kier alpha value is -0.593. The molecule has 0 heterocycles. The Morgan fingerprint density at radius 2 is 1.94 bits per heavy atom. The van der Waals surface area contributed by atoms with Gasteiger partial charge in [0.15, 0.2) is 0 Å². The standard InChI is InChI=1S/C10H23NO4Si/c1-5-11(10(12)13)8-15-9-14-6-7-16(2,3)4/h5-9H2,1-4H3,(H,12,13). The quantitative estimate of drug-likeness (QED) is 0.407. The van der Waals surface area contributed by atoms with Crippen LogP contribution in [0.1, 0.15) is 6.92 Å². The molecule has 0 aliphatic rings. The summed E-state index contributed by atoms with van der Waals surface area (Å²) >= 11 is 0.